The lowest BCUT2D eigenvalue weighted by Gasteiger charge is -2.50. The Morgan fingerprint density at radius 3 is 2.62 bits per heavy atom. The number of rotatable bonds is 5. The molecule has 1 N–H and O–H groups in total. The minimum atomic E-state index is -0.907. The molecule has 0 saturated heterocycles. The summed E-state index contributed by atoms with van der Waals surface area (Å²) < 4.78 is 0. The van der Waals surface area contributed by atoms with Crippen LogP contribution in [0.2, 0.25) is 0 Å². The average molecular weight is 357 g/mol. The number of carboxylic acids is 1. The molecule has 3 heteroatoms. The molecule has 1 saturated carbocycles. The first-order valence-electron chi connectivity index (χ1n) is 10.2. The number of fused-ring (bicyclic) bond motifs is 3. The van der Waals surface area contributed by atoms with Gasteiger partial charge in [-0.15, -0.1) is 0 Å². The van der Waals surface area contributed by atoms with E-state index in [1.807, 2.05) is 0 Å². The Labute approximate surface area is 157 Å². The summed E-state index contributed by atoms with van der Waals surface area (Å²) in [5.74, 6) is 0.761. The summed E-state index contributed by atoms with van der Waals surface area (Å²) in [7, 11) is 0. The minimum Gasteiger partial charge on any atom is -0.481 e. The molecule has 1 aromatic carbocycles. The minimum absolute atomic E-state index is 0.0199. The molecule has 3 nitrogen and oxygen atoms in total. The van der Waals surface area contributed by atoms with Gasteiger partial charge in [0.05, 0.1) is 6.42 Å². The number of benzene rings is 1. The van der Waals surface area contributed by atoms with Crippen molar-refractivity contribution >= 4 is 11.8 Å². The van der Waals surface area contributed by atoms with E-state index in [9.17, 15) is 9.59 Å². The van der Waals surface area contributed by atoms with E-state index in [1.54, 1.807) is 0 Å². The number of aliphatic carboxylic acids is 1. The van der Waals surface area contributed by atoms with Crippen molar-refractivity contribution in [1.82, 2.24) is 0 Å². The largest absolute Gasteiger partial charge is 0.481 e. The van der Waals surface area contributed by atoms with Gasteiger partial charge < -0.3 is 5.11 Å². The zero-order valence-corrected chi connectivity index (χ0v) is 16.6. The molecule has 0 spiro atoms. The molecular weight excluding hydrogens is 324 g/mol. The Morgan fingerprint density at radius 2 is 1.96 bits per heavy atom. The number of ketones is 1. The van der Waals surface area contributed by atoms with E-state index in [-0.39, 0.29) is 30.0 Å². The summed E-state index contributed by atoms with van der Waals surface area (Å²) in [6.45, 7) is 9.01. The second-order valence-corrected chi connectivity index (χ2v) is 9.00. The first-order valence-corrected chi connectivity index (χ1v) is 10.2. The zero-order valence-electron chi connectivity index (χ0n) is 16.6. The maximum absolute atomic E-state index is 12.8. The van der Waals surface area contributed by atoms with Gasteiger partial charge in [-0.3, -0.25) is 9.59 Å². The van der Waals surface area contributed by atoms with Crippen LogP contribution in [0.25, 0.3) is 0 Å². The average Bonchev–Trinajstić information content (AvgIpc) is 2.58. The van der Waals surface area contributed by atoms with Crippen LogP contribution in [0.3, 0.4) is 0 Å². The maximum Gasteiger partial charge on any atom is 0.303 e. The summed E-state index contributed by atoms with van der Waals surface area (Å²) >= 11 is 0. The second-order valence-electron chi connectivity index (χ2n) is 9.00. The Balaban J connectivity index is 2.06. The van der Waals surface area contributed by atoms with Gasteiger partial charge >= 0.3 is 5.97 Å². The molecule has 0 amide bonds. The fourth-order valence-corrected chi connectivity index (χ4v) is 5.53. The number of carbonyl (C=O) groups excluding carboxylic acids is 1. The summed E-state index contributed by atoms with van der Waals surface area (Å²) in [5, 5.41) is 8.95. The SMILES string of the molecule is CC(C)c1cc2c(cc1C(=O)CCC(=O)O)C1(C)CCCC(C)C1CC2. The van der Waals surface area contributed by atoms with Crippen LogP contribution >= 0.6 is 0 Å². The topological polar surface area (TPSA) is 54.4 Å². The number of hydrogen-bond acceptors (Lipinski definition) is 2. The van der Waals surface area contributed by atoms with Gasteiger partial charge in [0, 0.05) is 12.0 Å². The monoisotopic (exact) mass is 356 g/mol. The van der Waals surface area contributed by atoms with Crippen molar-refractivity contribution in [3.63, 3.8) is 0 Å². The summed E-state index contributed by atoms with van der Waals surface area (Å²) in [5.41, 5.74) is 4.78. The fourth-order valence-electron chi connectivity index (χ4n) is 5.53. The van der Waals surface area contributed by atoms with Gasteiger partial charge in [-0.25, -0.2) is 0 Å². The third-order valence-corrected chi connectivity index (χ3v) is 6.96. The molecular formula is C23H32O3. The van der Waals surface area contributed by atoms with Crippen molar-refractivity contribution in [2.24, 2.45) is 11.8 Å². The van der Waals surface area contributed by atoms with Crippen molar-refractivity contribution in [3.8, 4) is 0 Å². The summed E-state index contributed by atoms with van der Waals surface area (Å²) in [4.78, 5) is 23.7. The van der Waals surface area contributed by atoms with Gasteiger partial charge in [0.25, 0.3) is 0 Å². The van der Waals surface area contributed by atoms with Gasteiger partial charge in [0.2, 0.25) is 0 Å². The third kappa shape index (κ3) is 3.33. The molecule has 2 aliphatic rings. The van der Waals surface area contributed by atoms with E-state index in [2.05, 4.69) is 39.8 Å². The van der Waals surface area contributed by atoms with Crippen LogP contribution in [-0.4, -0.2) is 16.9 Å². The molecule has 0 bridgehead atoms. The lowest BCUT2D eigenvalue weighted by molar-refractivity contribution is -0.136. The van der Waals surface area contributed by atoms with E-state index < -0.39 is 5.97 Å². The van der Waals surface area contributed by atoms with Crippen LogP contribution in [0.5, 0.6) is 0 Å². The molecule has 0 aromatic heterocycles. The number of aryl methyl sites for hydroxylation is 1. The number of Topliss-reactive ketones (excluding diaryl/α,β-unsaturated/α-hetero) is 1. The Bertz CT molecular complexity index is 718. The molecule has 3 atom stereocenters. The first kappa shape index (κ1) is 19.1. The Kier molecular flexibility index (Phi) is 5.28. The van der Waals surface area contributed by atoms with Crippen molar-refractivity contribution in [2.45, 2.75) is 84.0 Å². The van der Waals surface area contributed by atoms with Crippen LogP contribution in [0.15, 0.2) is 12.1 Å². The molecule has 26 heavy (non-hydrogen) atoms. The fraction of sp³-hybridized carbons (Fsp3) is 0.652. The van der Waals surface area contributed by atoms with Crippen LogP contribution in [-0.2, 0) is 16.6 Å². The van der Waals surface area contributed by atoms with Gasteiger partial charge in [0.1, 0.15) is 0 Å². The van der Waals surface area contributed by atoms with E-state index in [1.165, 1.54) is 36.8 Å². The quantitative estimate of drug-likeness (QED) is 0.709. The molecule has 0 heterocycles. The van der Waals surface area contributed by atoms with Crippen LogP contribution in [0, 0.1) is 11.8 Å². The highest BCUT2D eigenvalue weighted by Gasteiger charge is 2.45. The highest BCUT2D eigenvalue weighted by molar-refractivity contribution is 5.99. The van der Waals surface area contributed by atoms with Crippen LogP contribution < -0.4 is 0 Å². The van der Waals surface area contributed by atoms with Crippen molar-refractivity contribution in [2.75, 3.05) is 0 Å². The van der Waals surface area contributed by atoms with Crippen molar-refractivity contribution in [3.05, 3.63) is 34.4 Å². The van der Waals surface area contributed by atoms with Gasteiger partial charge in [-0.2, -0.15) is 0 Å². The van der Waals surface area contributed by atoms with Gasteiger partial charge in [-0.1, -0.05) is 46.6 Å². The zero-order chi connectivity index (χ0) is 19.1. The molecule has 0 aliphatic heterocycles. The molecule has 3 rings (SSSR count). The molecule has 0 radical (unpaired) electrons. The van der Waals surface area contributed by atoms with E-state index in [0.29, 0.717) is 5.92 Å². The smallest absolute Gasteiger partial charge is 0.303 e. The van der Waals surface area contributed by atoms with E-state index >= 15 is 0 Å². The lowest BCUT2D eigenvalue weighted by Crippen LogP contribution is -2.43. The maximum atomic E-state index is 12.8. The van der Waals surface area contributed by atoms with Crippen molar-refractivity contribution < 1.29 is 14.7 Å². The third-order valence-electron chi connectivity index (χ3n) is 6.96. The highest BCUT2D eigenvalue weighted by atomic mass is 16.4. The van der Waals surface area contributed by atoms with Gasteiger partial charge in [0.15, 0.2) is 5.78 Å². The molecule has 2 aliphatic carbocycles. The molecule has 3 unspecified atom stereocenters. The van der Waals surface area contributed by atoms with Crippen LogP contribution in [0.1, 0.15) is 99.2 Å². The van der Waals surface area contributed by atoms with Gasteiger partial charge in [-0.05, 0) is 65.2 Å². The predicted molar refractivity (Wildman–Crippen MR) is 104 cm³/mol. The second kappa shape index (κ2) is 7.17. The molecule has 1 fully saturated rings. The standard InChI is InChI=1S/C23H32O3/c1-14(2)17-12-16-7-8-19-15(3)6-5-11-23(19,4)20(16)13-18(17)21(24)9-10-22(25)26/h12-15,19H,5-11H2,1-4H3,(H,25,26). The predicted octanol–water partition coefficient (Wildman–Crippen LogP) is 5.50. The molecule has 142 valence electrons. The number of hydrogen-bond donors (Lipinski definition) is 1. The molecule has 1 aromatic rings. The Morgan fingerprint density at radius 1 is 1.23 bits per heavy atom. The van der Waals surface area contributed by atoms with E-state index in [4.69, 9.17) is 5.11 Å². The summed E-state index contributed by atoms with van der Waals surface area (Å²) in [6, 6.07) is 4.41. The number of carboxylic acid groups (broad SMARTS) is 1. The first-order chi connectivity index (χ1) is 12.2. The Hall–Kier alpha value is -1.64. The summed E-state index contributed by atoms with van der Waals surface area (Å²) in [6.07, 6.45) is 6.09. The van der Waals surface area contributed by atoms with Crippen molar-refractivity contribution in [1.29, 1.82) is 0 Å². The van der Waals surface area contributed by atoms with E-state index in [0.717, 1.165) is 23.5 Å². The lowest BCUT2D eigenvalue weighted by atomic mass is 9.55. The number of carbonyl (C=O) groups is 2. The normalized spacial score (nSPS) is 27.7. The highest BCUT2D eigenvalue weighted by Crippen LogP contribution is 2.52. The van der Waals surface area contributed by atoms with Crippen LogP contribution in [0.4, 0.5) is 0 Å².